The lowest BCUT2D eigenvalue weighted by molar-refractivity contribution is 0.103. The van der Waals surface area contributed by atoms with Crippen molar-refractivity contribution in [2.24, 2.45) is 0 Å². The van der Waals surface area contributed by atoms with Gasteiger partial charge in [-0.05, 0) is 30.7 Å². The molecule has 0 N–H and O–H groups in total. The molecule has 2 rings (SSSR count). The largest absolute Gasteiger partial charge is 0.494 e. The SMILES string of the molecule is CCCCCCCCCOc1ccc(C(=O)c2ccccc2)cc1. The first-order chi connectivity index (χ1) is 11.8. The minimum absolute atomic E-state index is 0.0502. The molecule has 2 heteroatoms. The van der Waals surface area contributed by atoms with Crippen LogP contribution in [0.15, 0.2) is 54.6 Å². The van der Waals surface area contributed by atoms with Gasteiger partial charge in [0.1, 0.15) is 5.75 Å². The van der Waals surface area contributed by atoms with Gasteiger partial charge in [0.05, 0.1) is 6.61 Å². The average molecular weight is 324 g/mol. The number of carbonyl (C=O) groups excluding carboxylic acids is 1. The molecule has 2 aromatic carbocycles. The fourth-order valence-electron chi connectivity index (χ4n) is 2.71. The number of hydrogen-bond donors (Lipinski definition) is 0. The topological polar surface area (TPSA) is 26.3 Å². The molecule has 0 aliphatic carbocycles. The number of carbonyl (C=O) groups is 1. The molecular formula is C22H28O2. The summed E-state index contributed by atoms with van der Waals surface area (Å²) in [6.07, 6.45) is 8.97. The van der Waals surface area contributed by atoms with Crippen LogP contribution in [-0.4, -0.2) is 12.4 Å². The van der Waals surface area contributed by atoms with E-state index in [2.05, 4.69) is 6.92 Å². The summed E-state index contributed by atoms with van der Waals surface area (Å²) in [7, 11) is 0. The number of unbranched alkanes of at least 4 members (excludes halogenated alkanes) is 6. The van der Waals surface area contributed by atoms with Crippen LogP contribution in [0.4, 0.5) is 0 Å². The van der Waals surface area contributed by atoms with Crippen molar-refractivity contribution in [3.8, 4) is 5.75 Å². The van der Waals surface area contributed by atoms with Crippen molar-refractivity contribution < 1.29 is 9.53 Å². The highest BCUT2D eigenvalue weighted by Gasteiger charge is 2.08. The van der Waals surface area contributed by atoms with Crippen molar-refractivity contribution >= 4 is 5.78 Å². The molecule has 0 spiro atoms. The van der Waals surface area contributed by atoms with Gasteiger partial charge in [-0.2, -0.15) is 0 Å². The molecule has 0 heterocycles. The monoisotopic (exact) mass is 324 g/mol. The van der Waals surface area contributed by atoms with Gasteiger partial charge in [0.2, 0.25) is 0 Å². The van der Waals surface area contributed by atoms with E-state index in [0.29, 0.717) is 11.1 Å². The van der Waals surface area contributed by atoms with Crippen LogP contribution in [0.25, 0.3) is 0 Å². The van der Waals surface area contributed by atoms with Crippen LogP contribution in [-0.2, 0) is 0 Å². The van der Waals surface area contributed by atoms with Gasteiger partial charge in [0, 0.05) is 11.1 Å². The second-order valence-electron chi connectivity index (χ2n) is 6.19. The standard InChI is InChI=1S/C22H28O2/c1-2-3-4-5-6-7-11-18-24-21-16-14-20(15-17-21)22(23)19-12-9-8-10-13-19/h8-10,12-17H,2-7,11,18H2,1H3. The Morgan fingerprint density at radius 3 is 2.00 bits per heavy atom. The van der Waals surface area contributed by atoms with E-state index < -0.39 is 0 Å². The maximum absolute atomic E-state index is 12.3. The molecule has 0 unspecified atom stereocenters. The smallest absolute Gasteiger partial charge is 0.193 e. The third-order valence-corrected chi connectivity index (χ3v) is 4.17. The van der Waals surface area contributed by atoms with E-state index in [9.17, 15) is 4.79 Å². The first kappa shape index (κ1) is 18.3. The van der Waals surface area contributed by atoms with Crippen LogP contribution in [0.2, 0.25) is 0 Å². The lowest BCUT2D eigenvalue weighted by atomic mass is 10.0. The summed E-state index contributed by atoms with van der Waals surface area (Å²) < 4.78 is 5.76. The molecule has 0 fully saturated rings. The third-order valence-electron chi connectivity index (χ3n) is 4.17. The van der Waals surface area contributed by atoms with Crippen molar-refractivity contribution in [2.75, 3.05) is 6.61 Å². The average Bonchev–Trinajstić information content (AvgIpc) is 2.64. The zero-order valence-corrected chi connectivity index (χ0v) is 14.7. The minimum Gasteiger partial charge on any atom is -0.494 e. The van der Waals surface area contributed by atoms with Crippen LogP contribution < -0.4 is 4.74 Å². The molecule has 0 aliphatic rings. The van der Waals surface area contributed by atoms with Gasteiger partial charge < -0.3 is 4.74 Å². The molecule has 2 nitrogen and oxygen atoms in total. The summed E-state index contributed by atoms with van der Waals surface area (Å²) in [5.41, 5.74) is 1.42. The van der Waals surface area contributed by atoms with Gasteiger partial charge in [-0.1, -0.05) is 75.8 Å². The number of hydrogen-bond acceptors (Lipinski definition) is 2. The highest BCUT2D eigenvalue weighted by Crippen LogP contribution is 2.16. The van der Waals surface area contributed by atoms with Crippen molar-refractivity contribution in [3.63, 3.8) is 0 Å². The number of rotatable bonds is 11. The zero-order chi connectivity index (χ0) is 17.0. The zero-order valence-electron chi connectivity index (χ0n) is 14.7. The third kappa shape index (κ3) is 6.19. The van der Waals surface area contributed by atoms with E-state index in [1.54, 1.807) is 0 Å². The molecule has 128 valence electrons. The van der Waals surface area contributed by atoms with Gasteiger partial charge >= 0.3 is 0 Å². The van der Waals surface area contributed by atoms with Gasteiger partial charge in [-0.15, -0.1) is 0 Å². The van der Waals surface area contributed by atoms with E-state index in [4.69, 9.17) is 4.74 Å². The van der Waals surface area contributed by atoms with Crippen LogP contribution in [0, 0.1) is 0 Å². The molecule has 0 saturated carbocycles. The Morgan fingerprint density at radius 1 is 0.750 bits per heavy atom. The maximum atomic E-state index is 12.3. The molecule has 0 atom stereocenters. The summed E-state index contributed by atoms with van der Waals surface area (Å²) in [4.78, 5) is 12.3. The fourth-order valence-corrected chi connectivity index (χ4v) is 2.71. The lowest BCUT2D eigenvalue weighted by Crippen LogP contribution is -2.01. The van der Waals surface area contributed by atoms with E-state index in [0.717, 1.165) is 18.8 Å². The Kier molecular flexibility index (Phi) is 8.09. The highest BCUT2D eigenvalue weighted by molar-refractivity contribution is 6.08. The molecule has 0 radical (unpaired) electrons. The Hall–Kier alpha value is -2.09. The van der Waals surface area contributed by atoms with E-state index >= 15 is 0 Å². The van der Waals surface area contributed by atoms with Crippen LogP contribution in [0.3, 0.4) is 0 Å². The van der Waals surface area contributed by atoms with E-state index in [1.807, 2.05) is 54.6 Å². The second-order valence-corrected chi connectivity index (χ2v) is 6.19. The summed E-state index contributed by atoms with van der Waals surface area (Å²) in [5.74, 6) is 0.889. The molecule has 0 saturated heterocycles. The van der Waals surface area contributed by atoms with Gasteiger partial charge in [0.25, 0.3) is 0 Å². The first-order valence-corrected chi connectivity index (χ1v) is 9.14. The predicted molar refractivity (Wildman–Crippen MR) is 99.8 cm³/mol. The summed E-state index contributed by atoms with van der Waals surface area (Å²) in [6.45, 7) is 2.99. The molecular weight excluding hydrogens is 296 g/mol. The highest BCUT2D eigenvalue weighted by atomic mass is 16.5. The van der Waals surface area contributed by atoms with Crippen molar-refractivity contribution in [1.29, 1.82) is 0 Å². The molecule has 0 amide bonds. The molecule has 24 heavy (non-hydrogen) atoms. The predicted octanol–water partition coefficient (Wildman–Crippen LogP) is 6.05. The van der Waals surface area contributed by atoms with E-state index in [1.165, 1.54) is 38.5 Å². The lowest BCUT2D eigenvalue weighted by Gasteiger charge is -2.07. The summed E-state index contributed by atoms with van der Waals surface area (Å²) in [6, 6.07) is 16.8. The maximum Gasteiger partial charge on any atom is 0.193 e. The van der Waals surface area contributed by atoms with Crippen LogP contribution in [0.5, 0.6) is 5.75 Å². The molecule has 0 aliphatic heterocycles. The van der Waals surface area contributed by atoms with Gasteiger partial charge in [0.15, 0.2) is 5.78 Å². The Labute approximate surface area is 145 Å². The van der Waals surface area contributed by atoms with Crippen LogP contribution in [0.1, 0.15) is 67.8 Å². The van der Waals surface area contributed by atoms with Crippen molar-refractivity contribution in [1.82, 2.24) is 0 Å². The Bertz CT molecular complexity index is 587. The Balaban J connectivity index is 1.70. The number of ether oxygens (including phenoxy) is 1. The first-order valence-electron chi connectivity index (χ1n) is 9.14. The van der Waals surface area contributed by atoms with Crippen LogP contribution >= 0.6 is 0 Å². The van der Waals surface area contributed by atoms with Gasteiger partial charge in [-0.3, -0.25) is 4.79 Å². The number of ketones is 1. The summed E-state index contributed by atoms with van der Waals surface area (Å²) in [5, 5.41) is 0. The minimum atomic E-state index is 0.0502. The number of benzene rings is 2. The Morgan fingerprint density at radius 2 is 1.33 bits per heavy atom. The molecule has 0 bridgehead atoms. The summed E-state index contributed by atoms with van der Waals surface area (Å²) >= 11 is 0. The van der Waals surface area contributed by atoms with Gasteiger partial charge in [-0.25, -0.2) is 0 Å². The molecule has 0 aromatic heterocycles. The van der Waals surface area contributed by atoms with E-state index in [-0.39, 0.29) is 5.78 Å². The fraction of sp³-hybridized carbons (Fsp3) is 0.409. The normalized spacial score (nSPS) is 10.5. The van der Waals surface area contributed by atoms with Crippen molar-refractivity contribution in [2.45, 2.75) is 51.9 Å². The quantitative estimate of drug-likeness (QED) is 0.371. The second kappa shape index (κ2) is 10.6. The molecule has 2 aromatic rings. The van der Waals surface area contributed by atoms with Crippen molar-refractivity contribution in [3.05, 3.63) is 65.7 Å².